The highest BCUT2D eigenvalue weighted by Crippen LogP contribution is 2.13. The van der Waals surface area contributed by atoms with Crippen LogP contribution >= 0.6 is 12.4 Å². The van der Waals surface area contributed by atoms with Crippen molar-refractivity contribution in [2.45, 2.75) is 19.3 Å². The van der Waals surface area contributed by atoms with Crippen molar-refractivity contribution in [2.24, 2.45) is 5.92 Å². The Morgan fingerprint density at radius 1 is 1.29 bits per heavy atom. The number of carbonyl (C=O) groups excluding carboxylic acids is 1. The van der Waals surface area contributed by atoms with E-state index >= 15 is 0 Å². The number of carbonyl (C=O) groups is 1. The van der Waals surface area contributed by atoms with Crippen molar-refractivity contribution in [1.82, 2.24) is 10.6 Å². The molecule has 0 saturated carbocycles. The topological polar surface area (TPSA) is 84.3 Å². The molecule has 2 N–H and O–H groups in total. The molecule has 0 radical (unpaired) electrons. The zero-order valence-electron chi connectivity index (χ0n) is 11.7. The maximum absolute atomic E-state index is 11.5. The van der Waals surface area contributed by atoms with Crippen molar-refractivity contribution in [3.8, 4) is 0 Å². The second-order valence-corrected chi connectivity index (χ2v) is 5.03. The third-order valence-electron chi connectivity index (χ3n) is 3.49. The molecule has 21 heavy (non-hydrogen) atoms. The lowest BCUT2D eigenvalue weighted by Crippen LogP contribution is -2.50. The Hall–Kier alpha value is -1.66. The summed E-state index contributed by atoms with van der Waals surface area (Å²) in [5, 5.41) is 16.5. The van der Waals surface area contributed by atoms with E-state index in [9.17, 15) is 14.9 Å². The van der Waals surface area contributed by atoms with E-state index in [0.717, 1.165) is 37.9 Å². The molecular weight excluding hydrogens is 294 g/mol. The molecule has 1 aromatic rings. The molecule has 1 amide bonds. The molecule has 1 aliphatic rings. The van der Waals surface area contributed by atoms with Crippen LogP contribution in [0.3, 0.4) is 0 Å². The molecule has 0 aromatic heterocycles. The number of nitrogens with zero attached hydrogens (tertiary/aromatic N) is 1. The van der Waals surface area contributed by atoms with Crippen LogP contribution in [-0.2, 0) is 11.2 Å². The van der Waals surface area contributed by atoms with Crippen LogP contribution < -0.4 is 10.6 Å². The summed E-state index contributed by atoms with van der Waals surface area (Å²) in [7, 11) is 0. The van der Waals surface area contributed by atoms with E-state index in [4.69, 9.17) is 0 Å². The molecule has 116 valence electrons. The standard InChI is InChI=1S/C14H19N3O3.ClH/c18-14(12-9-15-10-12)16-8-2-1-3-11-4-6-13(7-5-11)17(19)20;/h4-7,12,15H,1-3,8-10H2,(H,16,18);1H. The minimum Gasteiger partial charge on any atom is -0.356 e. The van der Waals surface area contributed by atoms with Crippen molar-refractivity contribution in [3.05, 3.63) is 39.9 Å². The van der Waals surface area contributed by atoms with Crippen molar-refractivity contribution in [1.29, 1.82) is 0 Å². The summed E-state index contributed by atoms with van der Waals surface area (Å²) in [4.78, 5) is 21.7. The van der Waals surface area contributed by atoms with Crippen LogP contribution in [0.25, 0.3) is 0 Å². The molecule has 0 aliphatic carbocycles. The van der Waals surface area contributed by atoms with Gasteiger partial charge in [-0.1, -0.05) is 12.1 Å². The summed E-state index contributed by atoms with van der Waals surface area (Å²) < 4.78 is 0. The van der Waals surface area contributed by atoms with Gasteiger partial charge in [0.15, 0.2) is 0 Å². The van der Waals surface area contributed by atoms with Crippen LogP contribution in [0.15, 0.2) is 24.3 Å². The van der Waals surface area contributed by atoms with Gasteiger partial charge in [-0.15, -0.1) is 12.4 Å². The summed E-state index contributed by atoms with van der Waals surface area (Å²) >= 11 is 0. The van der Waals surface area contributed by atoms with Crippen LogP contribution in [0.4, 0.5) is 5.69 Å². The van der Waals surface area contributed by atoms with E-state index in [1.807, 2.05) is 0 Å². The number of non-ortho nitro benzene ring substituents is 1. The molecule has 6 nitrogen and oxygen atoms in total. The normalized spacial score (nSPS) is 13.9. The van der Waals surface area contributed by atoms with Crippen LogP contribution in [0.5, 0.6) is 0 Å². The number of hydrogen-bond donors (Lipinski definition) is 2. The fourth-order valence-corrected chi connectivity index (χ4v) is 2.07. The summed E-state index contributed by atoms with van der Waals surface area (Å²) in [5.74, 6) is 0.281. The van der Waals surface area contributed by atoms with Gasteiger partial charge in [-0.3, -0.25) is 14.9 Å². The fraction of sp³-hybridized carbons (Fsp3) is 0.500. The predicted octanol–water partition coefficient (Wildman–Crippen LogP) is 1.67. The highest BCUT2D eigenvalue weighted by Gasteiger charge is 2.23. The molecule has 1 fully saturated rings. The molecule has 1 heterocycles. The van der Waals surface area contributed by atoms with E-state index in [0.29, 0.717) is 6.54 Å². The van der Waals surface area contributed by atoms with Gasteiger partial charge in [0.25, 0.3) is 5.69 Å². The van der Waals surface area contributed by atoms with Crippen LogP contribution in [0, 0.1) is 16.0 Å². The van der Waals surface area contributed by atoms with Crippen LogP contribution in [0.2, 0.25) is 0 Å². The third-order valence-corrected chi connectivity index (χ3v) is 3.49. The number of benzene rings is 1. The molecule has 0 bridgehead atoms. The number of nitro groups is 1. The Morgan fingerprint density at radius 3 is 2.48 bits per heavy atom. The van der Waals surface area contributed by atoms with Crippen molar-refractivity contribution < 1.29 is 9.72 Å². The van der Waals surface area contributed by atoms with E-state index in [-0.39, 0.29) is 29.9 Å². The van der Waals surface area contributed by atoms with Crippen molar-refractivity contribution in [3.63, 3.8) is 0 Å². The lowest BCUT2D eigenvalue weighted by Gasteiger charge is -2.25. The van der Waals surface area contributed by atoms with Crippen molar-refractivity contribution >= 4 is 24.0 Å². The largest absolute Gasteiger partial charge is 0.356 e. The maximum Gasteiger partial charge on any atom is 0.269 e. The average molecular weight is 314 g/mol. The average Bonchev–Trinajstić information content (AvgIpc) is 2.37. The Balaban J connectivity index is 0.00000220. The van der Waals surface area contributed by atoms with Crippen LogP contribution in [-0.4, -0.2) is 30.5 Å². The molecule has 2 rings (SSSR count). The van der Waals surface area contributed by atoms with Gasteiger partial charge in [-0.05, 0) is 24.8 Å². The highest BCUT2D eigenvalue weighted by molar-refractivity contribution is 5.85. The Labute approximate surface area is 129 Å². The molecule has 0 spiro atoms. The number of rotatable bonds is 7. The first kappa shape index (κ1) is 17.4. The summed E-state index contributed by atoms with van der Waals surface area (Å²) in [6.07, 6.45) is 2.75. The van der Waals surface area contributed by atoms with Crippen molar-refractivity contribution in [2.75, 3.05) is 19.6 Å². The molecule has 0 atom stereocenters. The number of halogens is 1. The minimum absolute atomic E-state index is 0. The molecule has 1 aliphatic heterocycles. The fourth-order valence-electron chi connectivity index (χ4n) is 2.07. The second kappa shape index (κ2) is 8.59. The van der Waals surface area contributed by atoms with E-state index in [1.54, 1.807) is 12.1 Å². The SMILES string of the molecule is Cl.O=C(NCCCCc1ccc([N+](=O)[O-])cc1)C1CNC1. The lowest BCUT2D eigenvalue weighted by molar-refractivity contribution is -0.384. The summed E-state index contributed by atoms with van der Waals surface area (Å²) in [6, 6.07) is 6.63. The van der Waals surface area contributed by atoms with Gasteiger partial charge >= 0.3 is 0 Å². The number of nitro benzene ring substituents is 1. The molecule has 1 aromatic carbocycles. The first-order valence-corrected chi connectivity index (χ1v) is 6.88. The zero-order chi connectivity index (χ0) is 14.4. The molecule has 7 heteroatoms. The zero-order valence-corrected chi connectivity index (χ0v) is 12.5. The van der Waals surface area contributed by atoms with Gasteiger partial charge in [0.2, 0.25) is 5.91 Å². The van der Waals surface area contributed by atoms with E-state index < -0.39 is 4.92 Å². The van der Waals surface area contributed by atoms with Gasteiger partial charge < -0.3 is 10.6 Å². The summed E-state index contributed by atoms with van der Waals surface area (Å²) in [6.45, 7) is 2.27. The maximum atomic E-state index is 11.5. The monoisotopic (exact) mass is 313 g/mol. The summed E-state index contributed by atoms with van der Waals surface area (Å²) in [5.41, 5.74) is 1.21. The second-order valence-electron chi connectivity index (χ2n) is 5.03. The first-order chi connectivity index (χ1) is 9.66. The lowest BCUT2D eigenvalue weighted by atomic mass is 10.0. The molecular formula is C14H20ClN3O3. The Kier molecular flexibility index (Phi) is 7.11. The van der Waals surface area contributed by atoms with E-state index in [2.05, 4.69) is 10.6 Å². The minimum atomic E-state index is -0.394. The number of aryl methyl sites for hydroxylation is 1. The van der Waals surface area contributed by atoms with Gasteiger partial charge in [0.1, 0.15) is 0 Å². The number of hydrogen-bond acceptors (Lipinski definition) is 4. The van der Waals surface area contributed by atoms with Gasteiger partial charge in [0, 0.05) is 31.8 Å². The number of nitrogens with one attached hydrogen (secondary N) is 2. The van der Waals surface area contributed by atoms with Gasteiger partial charge in [0.05, 0.1) is 10.8 Å². The van der Waals surface area contributed by atoms with E-state index in [1.165, 1.54) is 12.1 Å². The Morgan fingerprint density at radius 2 is 1.95 bits per heavy atom. The first-order valence-electron chi connectivity index (χ1n) is 6.88. The number of unbranched alkanes of at least 4 members (excludes halogenated alkanes) is 1. The third kappa shape index (κ3) is 5.32. The Bertz CT molecular complexity index is 475. The quantitative estimate of drug-likeness (QED) is 0.455. The molecule has 1 saturated heterocycles. The predicted molar refractivity (Wildman–Crippen MR) is 82.7 cm³/mol. The van der Waals surface area contributed by atoms with Crippen LogP contribution in [0.1, 0.15) is 18.4 Å². The van der Waals surface area contributed by atoms with Gasteiger partial charge in [-0.2, -0.15) is 0 Å². The smallest absolute Gasteiger partial charge is 0.269 e. The molecule has 0 unspecified atom stereocenters. The highest BCUT2D eigenvalue weighted by atomic mass is 35.5. The number of amides is 1. The van der Waals surface area contributed by atoms with Gasteiger partial charge in [-0.25, -0.2) is 0 Å².